The first-order valence-corrected chi connectivity index (χ1v) is 6.00. The van der Waals surface area contributed by atoms with Crippen LogP contribution < -0.4 is 0 Å². The molecule has 0 bridgehead atoms. The molecule has 19 heavy (non-hydrogen) atoms. The van der Waals surface area contributed by atoms with Crippen molar-refractivity contribution in [2.24, 2.45) is 0 Å². The molecule has 0 aromatic heterocycles. The van der Waals surface area contributed by atoms with Gasteiger partial charge in [0.1, 0.15) is 17.1 Å². The van der Waals surface area contributed by atoms with Crippen LogP contribution in [0.25, 0.3) is 0 Å². The van der Waals surface area contributed by atoms with Crippen LogP contribution in [-0.2, 0) is 0 Å². The Bertz CT molecular complexity index is 483. The molecule has 1 aromatic carbocycles. The summed E-state index contributed by atoms with van der Waals surface area (Å²) in [7, 11) is 0. The molecule has 1 heterocycles. The number of carbonyl (C=O) groups excluding carboxylic acids is 1. The number of aromatic hydroxyl groups is 1. The van der Waals surface area contributed by atoms with Gasteiger partial charge in [-0.25, -0.2) is 4.39 Å². The lowest BCUT2D eigenvalue weighted by Crippen LogP contribution is -2.55. The molecule has 0 unspecified atom stereocenters. The topological polar surface area (TPSA) is 81.0 Å². The Balaban J connectivity index is 2.22. The third kappa shape index (κ3) is 2.54. The van der Waals surface area contributed by atoms with Crippen LogP contribution in [0.3, 0.4) is 0 Å². The lowest BCUT2D eigenvalue weighted by Gasteiger charge is -2.39. The molecule has 6 heteroatoms. The molecule has 0 saturated carbocycles. The largest absolute Gasteiger partial charge is 0.507 e. The zero-order valence-electron chi connectivity index (χ0n) is 10.5. The quantitative estimate of drug-likeness (QED) is 0.693. The van der Waals surface area contributed by atoms with Crippen LogP contribution in [0.4, 0.5) is 4.39 Å². The maximum absolute atomic E-state index is 13.6. The van der Waals surface area contributed by atoms with Gasteiger partial charge in [0.15, 0.2) is 0 Å². The third-order valence-electron chi connectivity index (χ3n) is 3.49. The second kappa shape index (κ2) is 4.79. The van der Waals surface area contributed by atoms with Crippen LogP contribution in [0, 0.1) is 5.82 Å². The number of hydrogen-bond donors (Lipinski definition) is 3. The summed E-state index contributed by atoms with van der Waals surface area (Å²) in [5.41, 5.74) is -1.66. The number of β-amino-alcohol motifs (C(OH)–C–C–N with tert-alkyl or cyclic N) is 1. The van der Waals surface area contributed by atoms with Crippen molar-refractivity contribution in [1.82, 2.24) is 4.90 Å². The van der Waals surface area contributed by atoms with Crippen LogP contribution >= 0.6 is 0 Å². The van der Waals surface area contributed by atoms with Gasteiger partial charge in [0.05, 0.1) is 11.7 Å². The smallest absolute Gasteiger partial charge is 0.260 e. The number of aliphatic hydroxyl groups excluding tert-OH is 1. The Morgan fingerprint density at radius 3 is 2.79 bits per heavy atom. The van der Waals surface area contributed by atoms with E-state index in [4.69, 9.17) is 0 Å². The van der Waals surface area contributed by atoms with Crippen LogP contribution in [0.5, 0.6) is 5.75 Å². The van der Waals surface area contributed by atoms with Gasteiger partial charge in [0, 0.05) is 13.1 Å². The third-order valence-corrected chi connectivity index (χ3v) is 3.49. The van der Waals surface area contributed by atoms with E-state index in [1.54, 1.807) is 0 Å². The van der Waals surface area contributed by atoms with Crippen molar-refractivity contribution >= 4 is 5.91 Å². The fourth-order valence-corrected chi connectivity index (χ4v) is 2.09. The molecular formula is C13H16FNO4. The predicted molar refractivity (Wildman–Crippen MR) is 65.2 cm³/mol. The molecule has 3 N–H and O–H groups in total. The molecule has 0 aliphatic carbocycles. The van der Waals surface area contributed by atoms with Gasteiger partial charge in [-0.3, -0.25) is 4.79 Å². The van der Waals surface area contributed by atoms with Crippen molar-refractivity contribution in [2.75, 3.05) is 13.1 Å². The molecule has 5 nitrogen and oxygen atoms in total. The number of phenolic OH excluding ortho intramolecular Hbond substituents is 1. The lowest BCUT2D eigenvalue weighted by molar-refractivity contribution is -0.0999. The fraction of sp³-hybridized carbons (Fsp3) is 0.462. The maximum atomic E-state index is 13.6. The number of benzene rings is 1. The number of aliphatic hydroxyl groups is 2. The van der Waals surface area contributed by atoms with Gasteiger partial charge in [-0.2, -0.15) is 0 Å². The number of amides is 1. The first-order chi connectivity index (χ1) is 8.83. The van der Waals surface area contributed by atoms with E-state index in [9.17, 15) is 24.5 Å². The summed E-state index contributed by atoms with van der Waals surface area (Å²) in [5.74, 6) is -1.93. The van der Waals surface area contributed by atoms with E-state index < -0.39 is 34.7 Å². The molecule has 104 valence electrons. The minimum Gasteiger partial charge on any atom is -0.507 e. The molecule has 1 fully saturated rings. The Hall–Kier alpha value is -1.66. The van der Waals surface area contributed by atoms with Gasteiger partial charge in [0.25, 0.3) is 5.91 Å². The molecule has 1 amide bonds. The van der Waals surface area contributed by atoms with Crippen molar-refractivity contribution in [3.8, 4) is 5.75 Å². The number of hydrogen-bond acceptors (Lipinski definition) is 4. The van der Waals surface area contributed by atoms with Gasteiger partial charge in [-0.1, -0.05) is 6.07 Å². The summed E-state index contributed by atoms with van der Waals surface area (Å²) in [6.45, 7) is 1.58. The summed E-state index contributed by atoms with van der Waals surface area (Å²) in [5, 5.41) is 29.1. The zero-order valence-corrected chi connectivity index (χ0v) is 10.5. The number of carbonyl (C=O) groups is 1. The highest BCUT2D eigenvalue weighted by atomic mass is 19.1. The van der Waals surface area contributed by atoms with Crippen LogP contribution in [0.2, 0.25) is 0 Å². The van der Waals surface area contributed by atoms with E-state index in [0.717, 1.165) is 6.07 Å². The number of halogens is 1. The molecule has 1 aromatic rings. The van der Waals surface area contributed by atoms with E-state index in [2.05, 4.69) is 0 Å². The van der Waals surface area contributed by atoms with Crippen molar-refractivity contribution < 1.29 is 24.5 Å². The van der Waals surface area contributed by atoms with Crippen molar-refractivity contribution in [1.29, 1.82) is 0 Å². The first kappa shape index (κ1) is 13.8. The van der Waals surface area contributed by atoms with Gasteiger partial charge in [0.2, 0.25) is 0 Å². The van der Waals surface area contributed by atoms with Gasteiger partial charge < -0.3 is 20.2 Å². The predicted octanol–water partition coefficient (Wildman–Crippen LogP) is 0.489. The van der Waals surface area contributed by atoms with Crippen molar-refractivity contribution in [3.63, 3.8) is 0 Å². The van der Waals surface area contributed by atoms with Gasteiger partial charge >= 0.3 is 0 Å². The number of piperidine rings is 1. The molecule has 1 saturated heterocycles. The molecule has 0 spiro atoms. The van der Waals surface area contributed by atoms with E-state index in [1.165, 1.54) is 24.0 Å². The highest BCUT2D eigenvalue weighted by Crippen LogP contribution is 2.26. The molecule has 0 radical (unpaired) electrons. The minimum absolute atomic E-state index is 0.0976. The standard InChI is InChI=1S/C13H16FNO4/c1-13(19)5-6-15(7-10(13)17)12(18)11-8(14)3-2-4-9(11)16/h2-4,10,16-17,19H,5-7H2,1H3/t10-,13+/m0/s1. The van der Waals surface area contributed by atoms with Crippen LogP contribution in [0.15, 0.2) is 18.2 Å². The summed E-state index contributed by atoms with van der Waals surface area (Å²) in [6, 6.07) is 3.62. The summed E-state index contributed by atoms with van der Waals surface area (Å²) in [6.07, 6.45) is -0.908. The number of nitrogens with zero attached hydrogens (tertiary/aromatic N) is 1. The van der Waals surface area contributed by atoms with E-state index in [1.807, 2.05) is 0 Å². The first-order valence-electron chi connectivity index (χ1n) is 6.00. The highest BCUT2D eigenvalue weighted by Gasteiger charge is 2.38. The normalized spacial score (nSPS) is 27.4. The Labute approximate surface area is 109 Å². The Kier molecular flexibility index (Phi) is 3.47. The average molecular weight is 269 g/mol. The number of likely N-dealkylation sites (tertiary alicyclic amines) is 1. The second-order valence-electron chi connectivity index (χ2n) is 5.01. The lowest BCUT2D eigenvalue weighted by atomic mass is 9.90. The Morgan fingerprint density at radius 2 is 2.21 bits per heavy atom. The van der Waals surface area contributed by atoms with Crippen LogP contribution in [0.1, 0.15) is 23.7 Å². The highest BCUT2D eigenvalue weighted by molar-refractivity contribution is 5.97. The number of rotatable bonds is 1. The van der Waals surface area contributed by atoms with Gasteiger partial charge in [-0.05, 0) is 25.5 Å². The van der Waals surface area contributed by atoms with Crippen molar-refractivity contribution in [3.05, 3.63) is 29.6 Å². The van der Waals surface area contributed by atoms with E-state index in [0.29, 0.717) is 0 Å². The summed E-state index contributed by atoms with van der Waals surface area (Å²) >= 11 is 0. The zero-order chi connectivity index (χ0) is 14.2. The van der Waals surface area contributed by atoms with Crippen LogP contribution in [-0.4, -0.2) is 50.9 Å². The molecule has 1 aliphatic rings. The summed E-state index contributed by atoms with van der Waals surface area (Å²) in [4.78, 5) is 13.4. The van der Waals surface area contributed by atoms with E-state index in [-0.39, 0.29) is 19.5 Å². The molecule has 2 rings (SSSR count). The van der Waals surface area contributed by atoms with Gasteiger partial charge in [-0.15, -0.1) is 0 Å². The van der Waals surface area contributed by atoms with E-state index >= 15 is 0 Å². The Morgan fingerprint density at radius 1 is 1.53 bits per heavy atom. The monoisotopic (exact) mass is 269 g/mol. The second-order valence-corrected chi connectivity index (χ2v) is 5.01. The molecule has 1 aliphatic heterocycles. The van der Waals surface area contributed by atoms with Crippen molar-refractivity contribution in [2.45, 2.75) is 25.0 Å². The average Bonchev–Trinajstić information content (AvgIpc) is 2.32. The maximum Gasteiger partial charge on any atom is 0.260 e. The summed E-state index contributed by atoms with van der Waals surface area (Å²) < 4.78 is 13.6. The SMILES string of the molecule is C[C@@]1(O)CCN(C(=O)c2c(O)cccc2F)C[C@@H]1O. The number of phenols is 1. The minimum atomic E-state index is -1.26. The molecule has 2 atom stereocenters. The molecular weight excluding hydrogens is 253 g/mol. The fourth-order valence-electron chi connectivity index (χ4n) is 2.09.